The lowest BCUT2D eigenvalue weighted by Gasteiger charge is -2.32. The molecule has 0 aliphatic carbocycles. The predicted molar refractivity (Wildman–Crippen MR) is 78.0 cm³/mol. The fraction of sp³-hybridized carbons (Fsp3) is 0.786. The third-order valence-electron chi connectivity index (χ3n) is 3.87. The zero-order chi connectivity index (χ0) is 13.0. The van der Waals surface area contributed by atoms with E-state index in [0.29, 0.717) is 6.04 Å². The van der Waals surface area contributed by atoms with E-state index in [4.69, 9.17) is 0 Å². The van der Waals surface area contributed by atoms with Crippen LogP contribution in [0.25, 0.3) is 0 Å². The molecule has 2 heterocycles. The number of piperidine rings is 1. The Kier molecular flexibility index (Phi) is 5.15. The van der Waals surface area contributed by atoms with Crippen LogP contribution in [-0.4, -0.2) is 35.6 Å². The van der Waals surface area contributed by atoms with Gasteiger partial charge in [-0.25, -0.2) is 4.98 Å². The molecule has 1 aliphatic rings. The van der Waals surface area contributed by atoms with Gasteiger partial charge in [-0.05, 0) is 52.6 Å². The second-order valence-corrected chi connectivity index (χ2v) is 6.52. The number of nitrogens with zero attached hydrogens (tertiary/aromatic N) is 2. The molecule has 18 heavy (non-hydrogen) atoms. The first-order valence-corrected chi connectivity index (χ1v) is 7.88. The summed E-state index contributed by atoms with van der Waals surface area (Å²) in [6.45, 7) is 11.4. The van der Waals surface area contributed by atoms with Crippen LogP contribution in [0.5, 0.6) is 0 Å². The number of aromatic nitrogens is 1. The van der Waals surface area contributed by atoms with E-state index in [-0.39, 0.29) is 0 Å². The van der Waals surface area contributed by atoms with Gasteiger partial charge >= 0.3 is 0 Å². The van der Waals surface area contributed by atoms with Gasteiger partial charge in [0.05, 0.1) is 11.2 Å². The van der Waals surface area contributed by atoms with Crippen LogP contribution in [-0.2, 0) is 6.54 Å². The Morgan fingerprint density at radius 1 is 1.44 bits per heavy atom. The standard InChI is InChI=1S/C14H25N3S/c1-11(2)17(8-13-4-6-15-7-5-13)9-14-12(3)16-10-18-14/h10-11,13,15H,4-9H2,1-3H3. The minimum Gasteiger partial charge on any atom is -0.317 e. The van der Waals surface area contributed by atoms with E-state index in [2.05, 4.69) is 36.0 Å². The molecule has 0 radical (unpaired) electrons. The van der Waals surface area contributed by atoms with Gasteiger partial charge in [0, 0.05) is 24.0 Å². The minimum absolute atomic E-state index is 0.612. The lowest BCUT2D eigenvalue weighted by Crippen LogP contribution is -2.39. The molecule has 1 aliphatic heterocycles. The summed E-state index contributed by atoms with van der Waals surface area (Å²) in [5.74, 6) is 0.863. The van der Waals surface area contributed by atoms with E-state index < -0.39 is 0 Å². The van der Waals surface area contributed by atoms with Gasteiger partial charge in [0.25, 0.3) is 0 Å². The smallest absolute Gasteiger partial charge is 0.0798 e. The summed E-state index contributed by atoms with van der Waals surface area (Å²) in [4.78, 5) is 8.39. The van der Waals surface area contributed by atoms with Crippen molar-refractivity contribution in [1.82, 2.24) is 15.2 Å². The molecule has 4 heteroatoms. The van der Waals surface area contributed by atoms with Crippen molar-refractivity contribution in [2.75, 3.05) is 19.6 Å². The minimum atomic E-state index is 0.612. The normalized spacial score (nSPS) is 17.8. The quantitative estimate of drug-likeness (QED) is 0.889. The van der Waals surface area contributed by atoms with E-state index in [9.17, 15) is 0 Å². The lowest BCUT2D eigenvalue weighted by molar-refractivity contribution is 0.163. The number of aryl methyl sites for hydroxylation is 1. The summed E-state index contributed by atoms with van der Waals surface area (Å²) in [5, 5.41) is 3.45. The topological polar surface area (TPSA) is 28.2 Å². The number of thiazole rings is 1. The van der Waals surface area contributed by atoms with Crippen LogP contribution in [0.15, 0.2) is 5.51 Å². The van der Waals surface area contributed by atoms with Gasteiger partial charge in [0.15, 0.2) is 0 Å². The van der Waals surface area contributed by atoms with Crippen LogP contribution in [0.1, 0.15) is 37.3 Å². The maximum absolute atomic E-state index is 4.36. The molecule has 1 fully saturated rings. The van der Waals surface area contributed by atoms with Gasteiger partial charge in [0.2, 0.25) is 0 Å². The molecule has 3 nitrogen and oxygen atoms in total. The van der Waals surface area contributed by atoms with Crippen LogP contribution < -0.4 is 5.32 Å². The predicted octanol–water partition coefficient (Wildman–Crippen LogP) is 2.66. The zero-order valence-electron chi connectivity index (χ0n) is 11.8. The average molecular weight is 267 g/mol. The summed E-state index contributed by atoms with van der Waals surface area (Å²) in [7, 11) is 0. The second kappa shape index (κ2) is 6.64. The molecule has 1 saturated heterocycles. The van der Waals surface area contributed by atoms with Crippen molar-refractivity contribution in [1.29, 1.82) is 0 Å². The fourth-order valence-electron chi connectivity index (χ4n) is 2.52. The average Bonchev–Trinajstić information content (AvgIpc) is 2.75. The van der Waals surface area contributed by atoms with Gasteiger partial charge in [-0.1, -0.05) is 0 Å². The van der Waals surface area contributed by atoms with E-state index in [0.717, 1.165) is 12.5 Å². The molecule has 1 aromatic rings. The molecule has 0 amide bonds. The van der Waals surface area contributed by atoms with Gasteiger partial charge in [-0.3, -0.25) is 4.90 Å². The molecule has 0 atom stereocenters. The molecule has 0 saturated carbocycles. The van der Waals surface area contributed by atoms with Crippen molar-refractivity contribution >= 4 is 11.3 Å². The van der Waals surface area contributed by atoms with E-state index in [1.807, 2.05) is 5.51 Å². The number of nitrogens with one attached hydrogen (secondary N) is 1. The molecule has 0 unspecified atom stereocenters. The summed E-state index contributed by atoms with van der Waals surface area (Å²) in [6.07, 6.45) is 2.65. The molecular formula is C14H25N3S. The van der Waals surface area contributed by atoms with Gasteiger partial charge in [-0.2, -0.15) is 0 Å². The molecule has 1 aromatic heterocycles. The third kappa shape index (κ3) is 3.77. The van der Waals surface area contributed by atoms with Crippen molar-refractivity contribution in [2.45, 2.75) is 46.2 Å². The van der Waals surface area contributed by atoms with Crippen LogP contribution >= 0.6 is 11.3 Å². The van der Waals surface area contributed by atoms with Crippen molar-refractivity contribution in [3.05, 3.63) is 16.1 Å². The van der Waals surface area contributed by atoms with Crippen molar-refractivity contribution in [3.63, 3.8) is 0 Å². The Bertz CT molecular complexity index is 356. The Balaban J connectivity index is 1.93. The Labute approximate surface area is 115 Å². The van der Waals surface area contributed by atoms with Gasteiger partial charge < -0.3 is 5.32 Å². The highest BCUT2D eigenvalue weighted by Gasteiger charge is 2.20. The van der Waals surface area contributed by atoms with Crippen LogP contribution in [0.4, 0.5) is 0 Å². The molecule has 2 rings (SSSR count). The highest BCUT2D eigenvalue weighted by molar-refractivity contribution is 7.09. The summed E-state index contributed by atoms with van der Waals surface area (Å²) in [5.41, 5.74) is 3.17. The first-order chi connectivity index (χ1) is 8.66. The first-order valence-electron chi connectivity index (χ1n) is 7.00. The molecule has 0 bridgehead atoms. The Morgan fingerprint density at radius 3 is 2.72 bits per heavy atom. The Hall–Kier alpha value is -0.450. The van der Waals surface area contributed by atoms with Crippen molar-refractivity contribution in [2.24, 2.45) is 5.92 Å². The van der Waals surface area contributed by atoms with Gasteiger partial charge in [0.1, 0.15) is 0 Å². The van der Waals surface area contributed by atoms with Crippen LogP contribution in [0, 0.1) is 12.8 Å². The van der Waals surface area contributed by atoms with Crippen molar-refractivity contribution < 1.29 is 0 Å². The maximum Gasteiger partial charge on any atom is 0.0798 e. The summed E-state index contributed by atoms with van der Waals surface area (Å²) in [6, 6.07) is 0.612. The third-order valence-corrected chi connectivity index (χ3v) is 4.79. The van der Waals surface area contributed by atoms with E-state index in [1.54, 1.807) is 11.3 Å². The van der Waals surface area contributed by atoms with Crippen molar-refractivity contribution in [3.8, 4) is 0 Å². The second-order valence-electron chi connectivity index (χ2n) is 5.58. The largest absolute Gasteiger partial charge is 0.317 e. The fourth-order valence-corrected chi connectivity index (χ4v) is 3.32. The zero-order valence-corrected chi connectivity index (χ0v) is 12.6. The molecule has 1 N–H and O–H groups in total. The highest BCUT2D eigenvalue weighted by Crippen LogP contribution is 2.20. The lowest BCUT2D eigenvalue weighted by atomic mass is 9.97. The summed E-state index contributed by atoms with van der Waals surface area (Å²) >= 11 is 1.79. The monoisotopic (exact) mass is 267 g/mol. The SMILES string of the molecule is Cc1ncsc1CN(CC1CCNCC1)C(C)C. The van der Waals surface area contributed by atoms with Crippen LogP contribution in [0.3, 0.4) is 0 Å². The number of rotatable bonds is 5. The summed E-state index contributed by atoms with van der Waals surface area (Å²) < 4.78 is 0. The van der Waals surface area contributed by atoms with Crippen LogP contribution in [0.2, 0.25) is 0 Å². The van der Waals surface area contributed by atoms with Gasteiger partial charge in [-0.15, -0.1) is 11.3 Å². The van der Waals surface area contributed by atoms with E-state index in [1.165, 1.54) is 43.0 Å². The maximum atomic E-state index is 4.36. The number of hydrogen-bond donors (Lipinski definition) is 1. The Morgan fingerprint density at radius 2 is 2.17 bits per heavy atom. The first kappa shape index (κ1) is 14.0. The highest BCUT2D eigenvalue weighted by atomic mass is 32.1. The van der Waals surface area contributed by atoms with E-state index >= 15 is 0 Å². The molecule has 0 spiro atoms. The molecule has 102 valence electrons. The molecule has 0 aromatic carbocycles. The number of hydrogen-bond acceptors (Lipinski definition) is 4. The molecular weight excluding hydrogens is 242 g/mol.